The molecule has 1 aromatic carbocycles. The normalized spacial score (nSPS) is 24.2. The van der Waals surface area contributed by atoms with Gasteiger partial charge in [-0.2, -0.15) is 0 Å². The van der Waals surface area contributed by atoms with Gasteiger partial charge in [0.25, 0.3) is 0 Å². The molecule has 0 spiro atoms. The van der Waals surface area contributed by atoms with Crippen LogP contribution < -0.4 is 10.1 Å². The number of halogens is 1. The Morgan fingerprint density at radius 1 is 1.45 bits per heavy atom. The number of methoxy groups -OCH3 is 1. The maximum Gasteiger partial charge on any atom is 0.223 e. The van der Waals surface area contributed by atoms with Gasteiger partial charge < -0.3 is 15.0 Å². The highest BCUT2D eigenvalue weighted by Gasteiger charge is 2.36. The highest BCUT2D eigenvalue weighted by Crippen LogP contribution is 2.28. The van der Waals surface area contributed by atoms with Crippen molar-refractivity contribution in [3.8, 4) is 5.75 Å². The van der Waals surface area contributed by atoms with E-state index in [2.05, 4.69) is 10.2 Å². The SMILES string of the molecule is COc1ccc(CCC(=O)N2CCC[C@H]3CNC[C@H]32)cc1Cl. The summed E-state index contributed by atoms with van der Waals surface area (Å²) >= 11 is 6.14. The zero-order valence-electron chi connectivity index (χ0n) is 13.0. The molecule has 22 heavy (non-hydrogen) atoms. The van der Waals surface area contributed by atoms with Crippen LogP contribution in [0.5, 0.6) is 5.75 Å². The number of piperidine rings is 1. The van der Waals surface area contributed by atoms with Crippen LogP contribution in [0.4, 0.5) is 0 Å². The lowest BCUT2D eigenvalue weighted by Crippen LogP contribution is -2.48. The number of carbonyl (C=O) groups is 1. The molecule has 0 aromatic heterocycles. The predicted octanol–water partition coefficient (Wildman–Crippen LogP) is 2.49. The number of carbonyl (C=O) groups excluding carboxylic acids is 1. The molecule has 5 heteroatoms. The van der Waals surface area contributed by atoms with Gasteiger partial charge in [0.05, 0.1) is 12.1 Å². The smallest absolute Gasteiger partial charge is 0.223 e. The third-order valence-corrected chi connectivity index (χ3v) is 5.14. The van der Waals surface area contributed by atoms with Crippen LogP contribution in [0.25, 0.3) is 0 Å². The number of nitrogens with one attached hydrogen (secondary N) is 1. The number of fused-ring (bicyclic) bond motifs is 1. The average Bonchev–Trinajstić information content (AvgIpc) is 3.01. The van der Waals surface area contributed by atoms with Crippen LogP contribution in [-0.2, 0) is 11.2 Å². The molecule has 1 aromatic rings. The molecule has 1 amide bonds. The molecule has 1 N–H and O–H groups in total. The summed E-state index contributed by atoms with van der Waals surface area (Å²) in [5.41, 5.74) is 1.08. The molecule has 2 aliphatic rings. The van der Waals surface area contributed by atoms with Crippen LogP contribution in [0.2, 0.25) is 5.02 Å². The monoisotopic (exact) mass is 322 g/mol. The Labute approximate surface area is 136 Å². The van der Waals surface area contributed by atoms with Gasteiger partial charge in [0.2, 0.25) is 5.91 Å². The minimum Gasteiger partial charge on any atom is -0.495 e. The van der Waals surface area contributed by atoms with Crippen molar-refractivity contribution in [2.75, 3.05) is 26.7 Å². The number of amides is 1. The fourth-order valence-electron chi connectivity index (χ4n) is 3.64. The Morgan fingerprint density at radius 2 is 2.32 bits per heavy atom. The Hall–Kier alpha value is -1.26. The summed E-state index contributed by atoms with van der Waals surface area (Å²) in [6.45, 7) is 2.92. The van der Waals surface area contributed by atoms with Gasteiger partial charge in [-0.15, -0.1) is 0 Å². The molecule has 2 heterocycles. The number of hydrogen-bond donors (Lipinski definition) is 1. The van der Waals surface area contributed by atoms with Crippen molar-refractivity contribution < 1.29 is 9.53 Å². The first-order valence-corrected chi connectivity index (χ1v) is 8.39. The number of nitrogens with zero attached hydrogens (tertiary/aromatic N) is 1. The quantitative estimate of drug-likeness (QED) is 0.926. The van der Waals surface area contributed by atoms with Crippen molar-refractivity contribution >= 4 is 17.5 Å². The molecule has 120 valence electrons. The third-order valence-electron chi connectivity index (χ3n) is 4.84. The van der Waals surface area contributed by atoms with Gasteiger partial charge in [-0.05, 0) is 42.9 Å². The van der Waals surface area contributed by atoms with E-state index >= 15 is 0 Å². The van der Waals surface area contributed by atoms with Gasteiger partial charge in [-0.25, -0.2) is 0 Å². The highest BCUT2D eigenvalue weighted by molar-refractivity contribution is 6.32. The van der Waals surface area contributed by atoms with Gasteiger partial charge in [0.15, 0.2) is 0 Å². The van der Waals surface area contributed by atoms with E-state index in [1.807, 2.05) is 18.2 Å². The molecular formula is C17H23ClN2O2. The molecular weight excluding hydrogens is 300 g/mol. The van der Waals surface area contributed by atoms with Crippen molar-refractivity contribution in [1.29, 1.82) is 0 Å². The summed E-state index contributed by atoms with van der Waals surface area (Å²) in [7, 11) is 1.60. The van der Waals surface area contributed by atoms with E-state index in [-0.39, 0.29) is 5.91 Å². The van der Waals surface area contributed by atoms with Crippen LogP contribution in [0.1, 0.15) is 24.8 Å². The van der Waals surface area contributed by atoms with Gasteiger partial charge in [0.1, 0.15) is 5.75 Å². The van der Waals surface area contributed by atoms with Crippen molar-refractivity contribution in [1.82, 2.24) is 10.2 Å². The largest absolute Gasteiger partial charge is 0.495 e. The molecule has 2 fully saturated rings. The summed E-state index contributed by atoms with van der Waals surface area (Å²) in [6, 6.07) is 6.14. The molecule has 0 aliphatic carbocycles. The standard InChI is InChI=1S/C17H23ClN2O2/c1-22-16-6-4-12(9-14(16)18)5-7-17(21)20-8-2-3-13-10-19-11-15(13)20/h4,6,9,13,15,19H,2-3,5,7-8,10-11H2,1H3/t13-,15+/m0/s1. The Kier molecular flexibility index (Phi) is 4.89. The highest BCUT2D eigenvalue weighted by atomic mass is 35.5. The number of ether oxygens (including phenoxy) is 1. The molecule has 0 unspecified atom stereocenters. The second-order valence-electron chi connectivity index (χ2n) is 6.18. The summed E-state index contributed by atoms with van der Waals surface area (Å²) < 4.78 is 5.15. The van der Waals surface area contributed by atoms with Gasteiger partial charge >= 0.3 is 0 Å². The maximum absolute atomic E-state index is 12.6. The Balaban J connectivity index is 1.59. The number of benzene rings is 1. The van der Waals surface area contributed by atoms with E-state index < -0.39 is 0 Å². The average molecular weight is 323 g/mol. The van der Waals surface area contributed by atoms with E-state index in [0.29, 0.717) is 29.2 Å². The maximum atomic E-state index is 12.6. The van der Waals surface area contributed by atoms with E-state index in [9.17, 15) is 4.79 Å². The Morgan fingerprint density at radius 3 is 3.09 bits per heavy atom. The Bertz CT molecular complexity index is 549. The van der Waals surface area contributed by atoms with Crippen molar-refractivity contribution in [3.05, 3.63) is 28.8 Å². The molecule has 4 nitrogen and oxygen atoms in total. The van der Waals surface area contributed by atoms with E-state index in [0.717, 1.165) is 38.0 Å². The van der Waals surface area contributed by atoms with Crippen molar-refractivity contribution in [2.45, 2.75) is 31.7 Å². The fraction of sp³-hybridized carbons (Fsp3) is 0.588. The zero-order chi connectivity index (χ0) is 15.5. The van der Waals surface area contributed by atoms with Gasteiger partial charge in [-0.3, -0.25) is 4.79 Å². The molecule has 2 saturated heterocycles. The first kappa shape index (κ1) is 15.6. The molecule has 3 rings (SSSR count). The minimum atomic E-state index is 0.269. The molecule has 0 saturated carbocycles. The lowest BCUT2D eigenvalue weighted by Gasteiger charge is -2.37. The molecule has 2 atom stereocenters. The van der Waals surface area contributed by atoms with Gasteiger partial charge in [-0.1, -0.05) is 17.7 Å². The number of rotatable bonds is 4. The van der Waals surface area contributed by atoms with Crippen LogP contribution in [0.3, 0.4) is 0 Å². The van der Waals surface area contributed by atoms with Crippen LogP contribution in [0, 0.1) is 5.92 Å². The fourth-order valence-corrected chi connectivity index (χ4v) is 3.92. The van der Waals surface area contributed by atoms with Crippen molar-refractivity contribution in [2.24, 2.45) is 5.92 Å². The van der Waals surface area contributed by atoms with Gasteiger partial charge in [0, 0.05) is 32.1 Å². The second-order valence-corrected chi connectivity index (χ2v) is 6.59. The minimum absolute atomic E-state index is 0.269. The first-order chi connectivity index (χ1) is 10.7. The topological polar surface area (TPSA) is 41.6 Å². The summed E-state index contributed by atoms with van der Waals surface area (Å²) in [4.78, 5) is 14.7. The number of likely N-dealkylation sites (tertiary alicyclic amines) is 1. The van der Waals surface area contributed by atoms with E-state index in [1.54, 1.807) is 7.11 Å². The first-order valence-electron chi connectivity index (χ1n) is 8.01. The molecule has 0 bridgehead atoms. The third kappa shape index (κ3) is 3.23. The van der Waals surface area contributed by atoms with Crippen molar-refractivity contribution in [3.63, 3.8) is 0 Å². The molecule has 0 radical (unpaired) electrons. The summed E-state index contributed by atoms with van der Waals surface area (Å²) in [6.07, 6.45) is 3.65. The number of aryl methyl sites for hydroxylation is 1. The summed E-state index contributed by atoms with van der Waals surface area (Å²) in [5, 5.41) is 4.02. The number of hydrogen-bond acceptors (Lipinski definition) is 3. The van der Waals surface area contributed by atoms with Crippen LogP contribution >= 0.6 is 11.6 Å². The van der Waals surface area contributed by atoms with Crippen LogP contribution in [-0.4, -0.2) is 43.6 Å². The van der Waals surface area contributed by atoms with E-state index in [4.69, 9.17) is 16.3 Å². The van der Waals surface area contributed by atoms with Crippen LogP contribution in [0.15, 0.2) is 18.2 Å². The second kappa shape index (κ2) is 6.88. The van der Waals surface area contributed by atoms with E-state index in [1.165, 1.54) is 6.42 Å². The molecule has 2 aliphatic heterocycles. The summed E-state index contributed by atoms with van der Waals surface area (Å²) in [5.74, 6) is 1.59. The lowest BCUT2D eigenvalue weighted by molar-refractivity contribution is -0.135. The lowest BCUT2D eigenvalue weighted by atomic mass is 9.91. The predicted molar refractivity (Wildman–Crippen MR) is 87.4 cm³/mol. The zero-order valence-corrected chi connectivity index (χ0v) is 13.7.